The molecule has 0 bridgehead atoms. The molecule has 1 aliphatic heterocycles. The molecule has 1 aliphatic rings. The van der Waals surface area contributed by atoms with E-state index in [1.165, 1.54) is 16.8 Å². The Hall–Kier alpha value is -3.57. The lowest BCUT2D eigenvalue weighted by Crippen LogP contribution is -2.44. The molecule has 0 amide bonds. The molecule has 5 heteroatoms. The summed E-state index contributed by atoms with van der Waals surface area (Å²) >= 11 is 0. The number of aryl methyl sites for hydroxylation is 3. The van der Waals surface area contributed by atoms with Crippen molar-refractivity contribution >= 4 is 28.0 Å². The number of pyridine rings is 1. The lowest BCUT2D eigenvalue weighted by atomic mass is 10.1. The SMILES string of the molecule is Cc1ccccc1CCn1c(=O)ccc2ccc(Nc3ccc(N4CCN(C)CC4)cc3)cc21. The molecule has 174 valence electrons. The molecule has 1 fully saturated rings. The van der Waals surface area contributed by atoms with Crippen molar-refractivity contribution in [2.24, 2.45) is 0 Å². The van der Waals surface area contributed by atoms with E-state index in [-0.39, 0.29) is 5.56 Å². The Bertz CT molecular complexity index is 1330. The van der Waals surface area contributed by atoms with Crippen molar-refractivity contribution < 1.29 is 0 Å². The molecule has 3 aromatic carbocycles. The monoisotopic (exact) mass is 452 g/mol. The Morgan fingerprint density at radius 1 is 0.824 bits per heavy atom. The van der Waals surface area contributed by atoms with Gasteiger partial charge in [0, 0.05) is 55.9 Å². The fourth-order valence-electron chi connectivity index (χ4n) is 4.71. The molecule has 1 saturated heterocycles. The molecule has 5 rings (SSSR count). The quantitative estimate of drug-likeness (QED) is 0.445. The smallest absolute Gasteiger partial charge is 0.251 e. The molecule has 5 nitrogen and oxygen atoms in total. The number of fused-ring (bicyclic) bond motifs is 1. The van der Waals surface area contributed by atoms with E-state index in [0.29, 0.717) is 6.54 Å². The van der Waals surface area contributed by atoms with Crippen LogP contribution in [-0.2, 0) is 13.0 Å². The minimum atomic E-state index is 0.0368. The molecule has 0 atom stereocenters. The summed E-state index contributed by atoms with van der Waals surface area (Å²) in [6.07, 6.45) is 0.830. The number of piperazine rings is 1. The molecule has 0 spiro atoms. The molecule has 1 aromatic heterocycles. The Morgan fingerprint density at radius 2 is 1.53 bits per heavy atom. The minimum absolute atomic E-state index is 0.0368. The molecule has 0 radical (unpaired) electrons. The third-order valence-electron chi connectivity index (χ3n) is 6.88. The van der Waals surface area contributed by atoms with Crippen LogP contribution in [0.15, 0.2) is 83.7 Å². The number of likely N-dealkylation sites (N-methyl/N-ethyl adjacent to an activating group) is 1. The second-order valence-electron chi connectivity index (χ2n) is 9.24. The topological polar surface area (TPSA) is 40.5 Å². The largest absolute Gasteiger partial charge is 0.369 e. The summed E-state index contributed by atoms with van der Waals surface area (Å²) in [5.41, 5.74) is 6.83. The maximum absolute atomic E-state index is 12.8. The Balaban J connectivity index is 1.35. The van der Waals surface area contributed by atoms with Gasteiger partial charge in [-0.15, -0.1) is 0 Å². The molecule has 34 heavy (non-hydrogen) atoms. The van der Waals surface area contributed by atoms with Crippen LogP contribution in [0.1, 0.15) is 11.1 Å². The molecule has 0 unspecified atom stereocenters. The van der Waals surface area contributed by atoms with Gasteiger partial charge in [-0.25, -0.2) is 0 Å². The van der Waals surface area contributed by atoms with E-state index in [4.69, 9.17) is 0 Å². The second-order valence-corrected chi connectivity index (χ2v) is 9.24. The summed E-state index contributed by atoms with van der Waals surface area (Å²) < 4.78 is 1.89. The van der Waals surface area contributed by atoms with Gasteiger partial charge in [-0.3, -0.25) is 4.79 Å². The number of anilines is 3. The van der Waals surface area contributed by atoms with Crippen molar-refractivity contribution in [1.29, 1.82) is 0 Å². The maximum Gasteiger partial charge on any atom is 0.251 e. The van der Waals surface area contributed by atoms with Crippen molar-refractivity contribution in [3.63, 3.8) is 0 Å². The number of nitrogens with one attached hydrogen (secondary N) is 1. The summed E-state index contributed by atoms with van der Waals surface area (Å²) in [5.74, 6) is 0. The van der Waals surface area contributed by atoms with Crippen molar-refractivity contribution in [3.05, 3.63) is 100 Å². The third-order valence-corrected chi connectivity index (χ3v) is 6.88. The predicted molar refractivity (Wildman–Crippen MR) is 143 cm³/mol. The molecule has 0 aliphatic carbocycles. The van der Waals surface area contributed by atoms with E-state index < -0.39 is 0 Å². The number of hydrogen-bond acceptors (Lipinski definition) is 4. The van der Waals surface area contributed by atoms with E-state index in [2.05, 4.69) is 95.8 Å². The Kier molecular flexibility index (Phi) is 6.37. The van der Waals surface area contributed by atoms with Gasteiger partial charge >= 0.3 is 0 Å². The van der Waals surface area contributed by atoms with Crippen molar-refractivity contribution in [2.75, 3.05) is 43.4 Å². The summed E-state index contributed by atoms with van der Waals surface area (Å²) in [6.45, 7) is 7.11. The first-order valence-electron chi connectivity index (χ1n) is 12.1. The lowest BCUT2D eigenvalue weighted by Gasteiger charge is -2.34. The van der Waals surface area contributed by atoms with Gasteiger partial charge in [0.25, 0.3) is 5.56 Å². The molecule has 0 saturated carbocycles. The first-order valence-corrected chi connectivity index (χ1v) is 12.1. The summed E-state index contributed by atoms with van der Waals surface area (Å²) in [4.78, 5) is 17.6. The van der Waals surface area contributed by atoms with Gasteiger partial charge in [-0.1, -0.05) is 30.3 Å². The normalized spacial score (nSPS) is 14.5. The van der Waals surface area contributed by atoms with Crippen LogP contribution in [0.25, 0.3) is 10.9 Å². The lowest BCUT2D eigenvalue weighted by molar-refractivity contribution is 0.313. The van der Waals surface area contributed by atoms with Crippen LogP contribution in [0.4, 0.5) is 17.1 Å². The summed E-state index contributed by atoms with van der Waals surface area (Å²) in [6, 6.07) is 26.9. The average Bonchev–Trinajstić information content (AvgIpc) is 2.85. The van der Waals surface area contributed by atoms with Gasteiger partial charge in [0.1, 0.15) is 0 Å². The van der Waals surface area contributed by atoms with E-state index in [1.54, 1.807) is 6.07 Å². The minimum Gasteiger partial charge on any atom is -0.369 e. The van der Waals surface area contributed by atoms with Crippen molar-refractivity contribution in [1.82, 2.24) is 9.47 Å². The van der Waals surface area contributed by atoms with Gasteiger partial charge in [0.05, 0.1) is 5.52 Å². The fraction of sp³-hybridized carbons (Fsp3) is 0.276. The standard InChI is InChI=1S/C29H32N4O/c1-22-5-3-4-6-23(22)15-16-33-28-21-26(9-7-24(28)8-14-29(33)34)30-25-10-12-27(13-11-25)32-19-17-31(2)18-20-32/h3-14,21,30H,15-20H2,1-2H3. The number of benzene rings is 3. The van der Waals surface area contributed by atoms with Crippen LogP contribution < -0.4 is 15.8 Å². The summed E-state index contributed by atoms with van der Waals surface area (Å²) in [5, 5.41) is 4.59. The first-order chi connectivity index (χ1) is 16.6. The fourth-order valence-corrected chi connectivity index (χ4v) is 4.71. The number of rotatable bonds is 6. The second kappa shape index (κ2) is 9.74. The molecular weight excluding hydrogens is 420 g/mol. The van der Waals surface area contributed by atoms with Gasteiger partial charge < -0.3 is 19.7 Å². The molecule has 2 heterocycles. The van der Waals surface area contributed by atoms with Crippen LogP contribution in [0, 0.1) is 6.92 Å². The molecule has 4 aromatic rings. The highest BCUT2D eigenvalue weighted by molar-refractivity contribution is 5.83. The zero-order chi connectivity index (χ0) is 23.5. The predicted octanol–water partition coefficient (Wildman–Crippen LogP) is 5.05. The van der Waals surface area contributed by atoms with Crippen LogP contribution in [0.3, 0.4) is 0 Å². The van der Waals surface area contributed by atoms with Crippen LogP contribution in [0.2, 0.25) is 0 Å². The van der Waals surface area contributed by atoms with Crippen LogP contribution >= 0.6 is 0 Å². The van der Waals surface area contributed by atoms with Crippen molar-refractivity contribution in [2.45, 2.75) is 19.9 Å². The number of nitrogens with zero attached hydrogens (tertiary/aromatic N) is 3. The van der Waals surface area contributed by atoms with E-state index in [0.717, 1.165) is 54.9 Å². The number of hydrogen-bond donors (Lipinski definition) is 1. The van der Waals surface area contributed by atoms with Gasteiger partial charge in [0.2, 0.25) is 0 Å². The summed E-state index contributed by atoms with van der Waals surface area (Å²) in [7, 11) is 2.18. The zero-order valence-corrected chi connectivity index (χ0v) is 20.0. The van der Waals surface area contributed by atoms with Gasteiger partial charge in [-0.05, 0) is 79.4 Å². The number of aromatic nitrogens is 1. The van der Waals surface area contributed by atoms with E-state index in [9.17, 15) is 4.79 Å². The molecular formula is C29H32N4O. The third kappa shape index (κ3) is 4.85. The Morgan fingerprint density at radius 3 is 2.29 bits per heavy atom. The first kappa shape index (κ1) is 22.2. The van der Waals surface area contributed by atoms with Crippen LogP contribution in [0.5, 0.6) is 0 Å². The average molecular weight is 453 g/mol. The maximum atomic E-state index is 12.8. The van der Waals surface area contributed by atoms with E-state index >= 15 is 0 Å². The van der Waals surface area contributed by atoms with Gasteiger partial charge in [-0.2, -0.15) is 0 Å². The highest BCUT2D eigenvalue weighted by atomic mass is 16.1. The highest BCUT2D eigenvalue weighted by Gasteiger charge is 2.14. The Labute approximate surface area is 201 Å². The van der Waals surface area contributed by atoms with Crippen molar-refractivity contribution in [3.8, 4) is 0 Å². The highest BCUT2D eigenvalue weighted by Crippen LogP contribution is 2.25. The van der Waals surface area contributed by atoms with E-state index in [1.807, 2.05) is 10.6 Å². The zero-order valence-electron chi connectivity index (χ0n) is 20.0. The van der Waals surface area contributed by atoms with Crippen LogP contribution in [-0.4, -0.2) is 42.7 Å². The van der Waals surface area contributed by atoms with Gasteiger partial charge in [0.15, 0.2) is 0 Å². The molecule has 1 N–H and O–H groups in total.